The number of esters is 1. The van der Waals surface area contributed by atoms with E-state index in [1.807, 2.05) is 14.1 Å². The number of carbonyl (C=O) groups excluding carboxylic acids is 3. The van der Waals surface area contributed by atoms with E-state index in [1.54, 1.807) is 12.1 Å². The van der Waals surface area contributed by atoms with Gasteiger partial charge in [-0.1, -0.05) is 12.1 Å². The van der Waals surface area contributed by atoms with E-state index in [2.05, 4.69) is 15.4 Å². The molecule has 114 valence electrons. The number of likely N-dealkylation sites (N-methyl/N-ethyl adjacent to an activating group) is 1. The van der Waals surface area contributed by atoms with Crippen molar-refractivity contribution in [3.63, 3.8) is 0 Å². The van der Waals surface area contributed by atoms with Crippen molar-refractivity contribution < 1.29 is 24.0 Å². The van der Waals surface area contributed by atoms with Gasteiger partial charge in [-0.3, -0.25) is 9.59 Å². The molecule has 1 rings (SSSR count). The average molecular weight is 294 g/mol. The van der Waals surface area contributed by atoms with Crippen LogP contribution in [0.15, 0.2) is 24.3 Å². The second kappa shape index (κ2) is 8.01. The van der Waals surface area contributed by atoms with Crippen molar-refractivity contribution in [2.45, 2.75) is 0 Å². The Morgan fingerprint density at radius 2 is 1.81 bits per heavy atom. The Kier molecular flexibility index (Phi) is 6.35. The largest absolute Gasteiger partial charge is 0.465 e. The van der Waals surface area contributed by atoms with Gasteiger partial charge >= 0.3 is 17.8 Å². The number of rotatable bonds is 5. The maximum absolute atomic E-state index is 11.8. The summed E-state index contributed by atoms with van der Waals surface area (Å²) >= 11 is 0. The van der Waals surface area contributed by atoms with E-state index in [-0.39, 0.29) is 11.3 Å². The van der Waals surface area contributed by atoms with Gasteiger partial charge in [0.25, 0.3) is 0 Å². The average Bonchev–Trinajstić information content (AvgIpc) is 2.46. The quantitative estimate of drug-likeness (QED) is 0.464. The lowest BCUT2D eigenvalue weighted by molar-refractivity contribution is -0.856. The summed E-state index contributed by atoms with van der Waals surface area (Å²) in [6.45, 7) is 1.10. The van der Waals surface area contributed by atoms with Crippen molar-refractivity contribution in [3.8, 4) is 0 Å². The van der Waals surface area contributed by atoms with Crippen LogP contribution < -0.4 is 15.5 Å². The number of carbonyl (C=O) groups is 3. The zero-order valence-electron chi connectivity index (χ0n) is 12.4. The minimum absolute atomic E-state index is 0.193. The summed E-state index contributed by atoms with van der Waals surface area (Å²) in [6.07, 6.45) is 0. The van der Waals surface area contributed by atoms with Crippen molar-refractivity contribution in [1.29, 1.82) is 0 Å². The topological polar surface area (TPSA) is 88.9 Å². The monoisotopic (exact) mass is 294 g/mol. The van der Waals surface area contributed by atoms with E-state index in [4.69, 9.17) is 0 Å². The molecule has 7 nitrogen and oxygen atoms in total. The summed E-state index contributed by atoms with van der Waals surface area (Å²) in [5, 5.41) is 4.91. The van der Waals surface area contributed by atoms with Crippen LogP contribution in [0.3, 0.4) is 0 Å². The van der Waals surface area contributed by atoms with Gasteiger partial charge in [-0.2, -0.15) is 0 Å². The van der Waals surface area contributed by atoms with Gasteiger partial charge in [0.15, 0.2) is 0 Å². The predicted molar refractivity (Wildman–Crippen MR) is 77.1 cm³/mol. The number of anilines is 1. The van der Waals surface area contributed by atoms with Gasteiger partial charge < -0.3 is 20.3 Å². The molecule has 21 heavy (non-hydrogen) atoms. The number of benzene rings is 1. The highest BCUT2D eigenvalue weighted by Gasteiger charge is 2.17. The first-order valence-electron chi connectivity index (χ1n) is 6.51. The number of amides is 2. The van der Waals surface area contributed by atoms with E-state index in [0.717, 1.165) is 4.90 Å². The van der Waals surface area contributed by atoms with E-state index < -0.39 is 17.8 Å². The maximum Gasteiger partial charge on any atom is 0.339 e. The molecule has 0 aliphatic heterocycles. The van der Waals surface area contributed by atoms with Gasteiger partial charge in [0.1, 0.15) is 0 Å². The molecule has 2 amide bonds. The summed E-state index contributed by atoms with van der Waals surface area (Å²) in [6, 6.07) is 6.33. The first kappa shape index (κ1) is 16.6. The Balaban J connectivity index is 2.66. The van der Waals surface area contributed by atoms with Gasteiger partial charge in [-0.05, 0) is 12.1 Å². The van der Waals surface area contributed by atoms with Crippen molar-refractivity contribution in [2.75, 3.05) is 39.6 Å². The lowest BCUT2D eigenvalue weighted by Crippen LogP contribution is -3.06. The molecule has 0 aromatic heterocycles. The zero-order chi connectivity index (χ0) is 15.8. The molecular formula is C14H20N3O4+. The number of nitrogens with one attached hydrogen (secondary N) is 3. The fraction of sp³-hybridized carbons (Fsp3) is 0.357. The van der Waals surface area contributed by atoms with Gasteiger partial charge in [-0.15, -0.1) is 0 Å². The molecule has 0 saturated carbocycles. The minimum Gasteiger partial charge on any atom is -0.465 e. The molecule has 0 saturated heterocycles. The molecule has 3 N–H and O–H groups in total. The van der Waals surface area contributed by atoms with Gasteiger partial charge in [0, 0.05) is 0 Å². The van der Waals surface area contributed by atoms with Crippen molar-refractivity contribution >= 4 is 23.5 Å². The number of quaternary nitrogens is 1. The van der Waals surface area contributed by atoms with Gasteiger partial charge in [-0.25, -0.2) is 4.79 Å². The van der Waals surface area contributed by atoms with E-state index >= 15 is 0 Å². The molecule has 0 spiro atoms. The zero-order valence-corrected chi connectivity index (χ0v) is 12.4. The summed E-state index contributed by atoms with van der Waals surface area (Å²) in [7, 11) is 5.13. The van der Waals surface area contributed by atoms with Crippen molar-refractivity contribution in [1.82, 2.24) is 5.32 Å². The predicted octanol–water partition coefficient (Wildman–Crippen LogP) is -1.33. The minimum atomic E-state index is -0.819. The molecule has 1 aromatic rings. The van der Waals surface area contributed by atoms with Gasteiger partial charge in [0.2, 0.25) is 0 Å². The van der Waals surface area contributed by atoms with Crippen LogP contribution in [0.4, 0.5) is 5.69 Å². The van der Waals surface area contributed by atoms with E-state index in [1.165, 1.54) is 19.2 Å². The number of methoxy groups -OCH3 is 1. The lowest BCUT2D eigenvalue weighted by atomic mass is 10.2. The van der Waals surface area contributed by atoms with E-state index in [0.29, 0.717) is 13.1 Å². The molecule has 0 heterocycles. The fourth-order valence-corrected chi connectivity index (χ4v) is 1.57. The molecule has 0 bridgehead atoms. The summed E-state index contributed by atoms with van der Waals surface area (Å²) in [5.74, 6) is -2.14. The molecule has 0 atom stereocenters. The van der Waals surface area contributed by atoms with Crippen molar-refractivity contribution in [3.05, 3.63) is 29.8 Å². The Bertz CT molecular complexity index is 529. The normalized spacial score (nSPS) is 10.1. The highest BCUT2D eigenvalue weighted by Crippen LogP contribution is 2.15. The molecule has 0 fully saturated rings. The third-order valence-electron chi connectivity index (χ3n) is 2.70. The third kappa shape index (κ3) is 5.23. The van der Waals surface area contributed by atoms with Crippen LogP contribution in [0.25, 0.3) is 0 Å². The van der Waals surface area contributed by atoms with Crippen LogP contribution in [0.2, 0.25) is 0 Å². The second-order valence-corrected chi connectivity index (χ2v) is 4.70. The molecule has 1 aromatic carbocycles. The Labute approximate surface area is 123 Å². The summed E-state index contributed by atoms with van der Waals surface area (Å²) in [5.41, 5.74) is 0.432. The van der Waals surface area contributed by atoms with Gasteiger partial charge in [0.05, 0.1) is 45.5 Å². The summed E-state index contributed by atoms with van der Waals surface area (Å²) in [4.78, 5) is 36.1. The molecule has 0 radical (unpaired) electrons. The number of hydrogen-bond acceptors (Lipinski definition) is 4. The fourth-order valence-electron chi connectivity index (χ4n) is 1.57. The molecular weight excluding hydrogens is 274 g/mol. The van der Waals surface area contributed by atoms with Crippen LogP contribution in [-0.2, 0) is 14.3 Å². The number of ether oxygens (including phenoxy) is 1. The van der Waals surface area contributed by atoms with Crippen molar-refractivity contribution in [2.24, 2.45) is 0 Å². The van der Waals surface area contributed by atoms with Crippen LogP contribution in [-0.4, -0.2) is 52.1 Å². The standard InChI is InChI=1S/C14H19N3O4/c1-17(2)9-8-15-12(18)13(19)16-11-7-5-4-6-10(11)14(20)21-3/h4-7H,8-9H2,1-3H3,(H,15,18)(H,16,19)/p+1. The highest BCUT2D eigenvalue weighted by atomic mass is 16.5. The highest BCUT2D eigenvalue weighted by molar-refractivity contribution is 6.40. The van der Waals surface area contributed by atoms with Crippen LogP contribution >= 0.6 is 0 Å². The van der Waals surface area contributed by atoms with E-state index in [9.17, 15) is 14.4 Å². The molecule has 0 unspecified atom stereocenters. The first-order chi connectivity index (χ1) is 9.95. The smallest absolute Gasteiger partial charge is 0.339 e. The molecule has 7 heteroatoms. The van der Waals surface area contributed by atoms with Crippen LogP contribution in [0, 0.1) is 0 Å². The second-order valence-electron chi connectivity index (χ2n) is 4.70. The molecule has 0 aliphatic carbocycles. The maximum atomic E-state index is 11.8. The first-order valence-corrected chi connectivity index (χ1v) is 6.51. The number of hydrogen-bond donors (Lipinski definition) is 3. The Hall–Kier alpha value is -2.41. The van der Waals surface area contributed by atoms with Crippen LogP contribution in [0.5, 0.6) is 0 Å². The Morgan fingerprint density at radius 1 is 1.14 bits per heavy atom. The lowest BCUT2D eigenvalue weighted by Gasteiger charge is -2.10. The van der Waals surface area contributed by atoms with Crippen LogP contribution in [0.1, 0.15) is 10.4 Å². The third-order valence-corrected chi connectivity index (χ3v) is 2.70. The Morgan fingerprint density at radius 3 is 2.43 bits per heavy atom. The number of para-hydroxylation sites is 1. The molecule has 0 aliphatic rings. The summed E-state index contributed by atoms with van der Waals surface area (Å²) < 4.78 is 4.62. The SMILES string of the molecule is COC(=O)c1ccccc1NC(=O)C(=O)NCC[NH+](C)C.